The monoisotopic (exact) mass is 206 g/mol. The molecule has 1 heterocycles. The van der Waals surface area contributed by atoms with Crippen LogP contribution >= 0.6 is 0 Å². The first kappa shape index (κ1) is 11.3. The van der Waals surface area contributed by atoms with Gasteiger partial charge in [-0.25, -0.2) is 0 Å². The molecule has 1 unspecified atom stereocenters. The van der Waals surface area contributed by atoms with Crippen LogP contribution in [-0.4, -0.2) is 23.9 Å². The van der Waals surface area contributed by atoms with E-state index in [2.05, 4.69) is 0 Å². The van der Waals surface area contributed by atoms with Crippen molar-refractivity contribution in [2.24, 2.45) is 0 Å². The summed E-state index contributed by atoms with van der Waals surface area (Å²) in [5, 5.41) is 8.64. The molecule has 0 aliphatic rings. The van der Waals surface area contributed by atoms with Crippen molar-refractivity contribution in [2.75, 3.05) is 7.05 Å². The number of hydrogen-bond acceptors (Lipinski definition) is 3. The number of nitriles is 1. The van der Waals surface area contributed by atoms with E-state index in [1.807, 2.05) is 12.1 Å². The van der Waals surface area contributed by atoms with Gasteiger partial charge >= 0.3 is 0 Å². The summed E-state index contributed by atoms with van der Waals surface area (Å²) in [6.07, 6.45) is 2.53. The fraction of sp³-hybridized carbons (Fsp3) is 0.455. The van der Waals surface area contributed by atoms with E-state index in [0.717, 1.165) is 5.76 Å². The fourth-order valence-corrected chi connectivity index (χ4v) is 1.16. The molecule has 1 amide bonds. The van der Waals surface area contributed by atoms with Crippen molar-refractivity contribution in [3.8, 4) is 6.07 Å². The number of furan rings is 1. The summed E-state index contributed by atoms with van der Waals surface area (Å²) in [6.45, 7) is 1.70. The molecule has 1 aromatic rings. The van der Waals surface area contributed by atoms with E-state index in [1.165, 1.54) is 4.90 Å². The molecule has 1 atom stereocenters. The minimum absolute atomic E-state index is 0.0412. The van der Waals surface area contributed by atoms with Crippen molar-refractivity contribution in [1.29, 1.82) is 5.26 Å². The van der Waals surface area contributed by atoms with Crippen molar-refractivity contribution in [1.82, 2.24) is 4.90 Å². The summed E-state index contributed by atoms with van der Waals surface area (Å²) >= 11 is 0. The molecule has 0 spiro atoms. The van der Waals surface area contributed by atoms with Crippen LogP contribution in [0.1, 0.15) is 19.1 Å². The van der Waals surface area contributed by atoms with Gasteiger partial charge < -0.3 is 9.32 Å². The highest BCUT2D eigenvalue weighted by atomic mass is 16.3. The molecule has 1 rings (SSSR count). The van der Waals surface area contributed by atoms with Crippen LogP contribution in [0.5, 0.6) is 0 Å². The smallest absolute Gasteiger partial charge is 0.223 e. The van der Waals surface area contributed by atoms with Gasteiger partial charge in [0.25, 0.3) is 0 Å². The zero-order valence-electron chi connectivity index (χ0n) is 8.93. The summed E-state index contributed by atoms with van der Waals surface area (Å²) in [6, 6.07) is 5.27. The SMILES string of the molecule is CC(C#N)N(C)C(=O)CCc1ccco1. The average Bonchev–Trinajstić information content (AvgIpc) is 2.76. The lowest BCUT2D eigenvalue weighted by molar-refractivity contribution is -0.130. The Kier molecular flexibility index (Phi) is 3.92. The Labute approximate surface area is 89.1 Å². The van der Waals surface area contributed by atoms with Gasteiger partial charge in [0.15, 0.2) is 0 Å². The predicted molar refractivity (Wildman–Crippen MR) is 54.9 cm³/mol. The number of rotatable bonds is 4. The van der Waals surface area contributed by atoms with Gasteiger partial charge in [-0.05, 0) is 19.1 Å². The van der Waals surface area contributed by atoms with Crippen LogP contribution in [0.15, 0.2) is 22.8 Å². The normalized spacial score (nSPS) is 11.8. The van der Waals surface area contributed by atoms with Crippen LogP contribution in [0.2, 0.25) is 0 Å². The highest BCUT2D eigenvalue weighted by molar-refractivity contribution is 5.76. The van der Waals surface area contributed by atoms with E-state index < -0.39 is 0 Å². The Hall–Kier alpha value is -1.76. The van der Waals surface area contributed by atoms with Crippen LogP contribution in [0.3, 0.4) is 0 Å². The van der Waals surface area contributed by atoms with Crippen molar-refractivity contribution in [2.45, 2.75) is 25.8 Å². The molecule has 80 valence electrons. The average molecular weight is 206 g/mol. The van der Waals surface area contributed by atoms with E-state index in [9.17, 15) is 4.79 Å². The third-order valence-electron chi connectivity index (χ3n) is 2.33. The number of carbonyl (C=O) groups is 1. The van der Waals surface area contributed by atoms with Crippen molar-refractivity contribution < 1.29 is 9.21 Å². The minimum atomic E-state index is -0.380. The van der Waals surface area contributed by atoms with Gasteiger partial charge in [0, 0.05) is 19.9 Å². The molecule has 0 saturated carbocycles. The third-order valence-corrected chi connectivity index (χ3v) is 2.33. The molecule has 0 aromatic carbocycles. The van der Waals surface area contributed by atoms with Gasteiger partial charge in [0.2, 0.25) is 5.91 Å². The Morgan fingerprint density at radius 3 is 3.00 bits per heavy atom. The first-order chi connectivity index (χ1) is 7.15. The summed E-state index contributed by atoms with van der Waals surface area (Å²) in [7, 11) is 1.64. The Morgan fingerprint density at radius 1 is 1.73 bits per heavy atom. The Balaban J connectivity index is 2.40. The summed E-state index contributed by atoms with van der Waals surface area (Å²) in [4.78, 5) is 13.0. The number of aryl methyl sites for hydroxylation is 1. The molecule has 4 heteroatoms. The molecular formula is C11H14N2O2. The molecule has 0 radical (unpaired) electrons. The van der Waals surface area contributed by atoms with Gasteiger partial charge in [-0.3, -0.25) is 4.79 Å². The third kappa shape index (κ3) is 3.13. The lowest BCUT2D eigenvalue weighted by Crippen LogP contribution is -2.34. The van der Waals surface area contributed by atoms with Crippen LogP contribution in [-0.2, 0) is 11.2 Å². The molecule has 0 N–H and O–H groups in total. The van der Waals surface area contributed by atoms with Crippen LogP contribution < -0.4 is 0 Å². The zero-order valence-corrected chi connectivity index (χ0v) is 8.93. The summed E-state index contributed by atoms with van der Waals surface area (Å²) < 4.78 is 5.11. The first-order valence-corrected chi connectivity index (χ1v) is 4.83. The number of hydrogen-bond donors (Lipinski definition) is 0. The number of carbonyl (C=O) groups excluding carboxylic acids is 1. The summed E-state index contributed by atoms with van der Waals surface area (Å²) in [5.41, 5.74) is 0. The van der Waals surface area contributed by atoms with Gasteiger partial charge in [0.1, 0.15) is 11.8 Å². The topological polar surface area (TPSA) is 57.2 Å². The molecule has 15 heavy (non-hydrogen) atoms. The van der Waals surface area contributed by atoms with Gasteiger partial charge in [0.05, 0.1) is 12.3 Å². The molecule has 0 bridgehead atoms. The predicted octanol–water partition coefficient (Wildman–Crippen LogP) is 1.58. The second-order valence-corrected chi connectivity index (χ2v) is 3.39. The van der Waals surface area contributed by atoms with Gasteiger partial charge in [-0.2, -0.15) is 5.26 Å². The van der Waals surface area contributed by atoms with Crippen LogP contribution in [0.25, 0.3) is 0 Å². The Morgan fingerprint density at radius 2 is 2.47 bits per heavy atom. The largest absolute Gasteiger partial charge is 0.469 e. The molecule has 0 fully saturated rings. The molecule has 0 saturated heterocycles. The van der Waals surface area contributed by atoms with Gasteiger partial charge in [-0.15, -0.1) is 0 Å². The van der Waals surface area contributed by atoms with E-state index in [0.29, 0.717) is 12.8 Å². The van der Waals surface area contributed by atoms with E-state index in [4.69, 9.17) is 9.68 Å². The lowest BCUT2D eigenvalue weighted by atomic mass is 10.2. The van der Waals surface area contributed by atoms with E-state index in [-0.39, 0.29) is 11.9 Å². The number of amides is 1. The van der Waals surface area contributed by atoms with E-state index >= 15 is 0 Å². The quantitative estimate of drug-likeness (QED) is 0.751. The van der Waals surface area contributed by atoms with Crippen molar-refractivity contribution in [3.05, 3.63) is 24.2 Å². The molecule has 1 aromatic heterocycles. The maximum Gasteiger partial charge on any atom is 0.223 e. The van der Waals surface area contributed by atoms with E-state index in [1.54, 1.807) is 26.3 Å². The highest BCUT2D eigenvalue weighted by Gasteiger charge is 2.14. The molecule has 0 aliphatic carbocycles. The van der Waals surface area contributed by atoms with Crippen LogP contribution in [0, 0.1) is 11.3 Å². The second kappa shape index (κ2) is 5.20. The van der Waals surface area contributed by atoms with Crippen molar-refractivity contribution in [3.63, 3.8) is 0 Å². The standard InChI is InChI=1S/C11H14N2O2/c1-9(8-12)13(2)11(14)6-5-10-4-3-7-15-10/h3-4,7,9H,5-6H2,1-2H3. The Bertz CT molecular complexity index is 351. The highest BCUT2D eigenvalue weighted by Crippen LogP contribution is 2.06. The van der Waals surface area contributed by atoms with Gasteiger partial charge in [-0.1, -0.05) is 0 Å². The maximum absolute atomic E-state index is 11.6. The zero-order chi connectivity index (χ0) is 11.3. The maximum atomic E-state index is 11.6. The molecule has 4 nitrogen and oxygen atoms in total. The summed E-state index contributed by atoms with van der Waals surface area (Å²) in [5.74, 6) is 0.752. The first-order valence-electron chi connectivity index (χ1n) is 4.83. The molecular weight excluding hydrogens is 192 g/mol. The van der Waals surface area contributed by atoms with Crippen LogP contribution in [0.4, 0.5) is 0 Å². The molecule has 0 aliphatic heterocycles. The number of nitrogens with zero attached hydrogens (tertiary/aromatic N) is 2. The minimum Gasteiger partial charge on any atom is -0.469 e. The van der Waals surface area contributed by atoms with Crippen molar-refractivity contribution >= 4 is 5.91 Å². The second-order valence-electron chi connectivity index (χ2n) is 3.39. The fourth-order valence-electron chi connectivity index (χ4n) is 1.16. The lowest BCUT2D eigenvalue weighted by Gasteiger charge is -2.18.